The molecule has 0 radical (unpaired) electrons. The van der Waals surface area contributed by atoms with Crippen LogP contribution in [0.2, 0.25) is 0 Å². The molecule has 116 valence electrons. The minimum atomic E-state index is -0.664. The van der Waals surface area contributed by atoms with E-state index in [4.69, 9.17) is 9.15 Å². The zero-order valence-electron chi connectivity index (χ0n) is 12.1. The first-order valence-corrected chi connectivity index (χ1v) is 7.06. The minimum Gasteiger partial charge on any atom is -0.467 e. The van der Waals surface area contributed by atoms with Crippen molar-refractivity contribution in [2.24, 2.45) is 0 Å². The number of piperazine rings is 1. The third-order valence-electron chi connectivity index (χ3n) is 3.48. The van der Waals surface area contributed by atoms with Gasteiger partial charge in [0.1, 0.15) is 6.04 Å². The van der Waals surface area contributed by atoms with Crippen molar-refractivity contribution in [1.82, 2.24) is 15.5 Å². The molecule has 0 aromatic carbocycles. The van der Waals surface area contributed by atoms with Crippen LogP contribution in [0.15, 0.2) is 22.8 Å². The molecule has 1 saturated heterocycles. The van der Waals surface area contributed by atoms with E-state index in [2.05, 4.69) is 15.5 Å². The van der Waals surface area contributed by atoms with Crippen LogP contribution in [0, 0.1) is 0 Å². The van der Waals surface area contributed by atoms with Crippen LogP contribution in [0.4, 0.5) is 0 Å². The van der Waals surface area contributed by atoms with E-state index in [1.54, 1.807) is 12.1 Å². The number of hydrogen-bond donors (Lipinski definition) is 2. The Balaban J connectivity index is 1.88. The van der Waals surface area contributed by atoms with Crippen molar-refractivity contribution in [1.29, 1.82) is 0 Å². The lowest BCUT2D eigenvalue weighted by molar-refractivity contribution is -0.143. The Kier molecular flexibility index (Phi) is 5.77. The van der Waals surface area contributed by atoms with Gasteiger partial charge in [-0.1, -0.05) is 0 Å². The van der Waals surface area contributed by atoms with E-state index >= 15 is 0 Å². The molecular weight excluding hydrogens is 274 g/mol. The Morgan fingerprint density at radius 2 is 2.24 bits per heavy atom. The van der Waals surface area contributed by atoms with E-state index in [0.717, 1.165) is 32.7 Å². The highest BCUT2D eigenvalue weighted by molar-refractivity contribution is 5.94. The molecule has 2 N–H and O–H groups in total. The zero-order chi connectivity index (χ0) is 15.1. The van der Waals surface area contributed by atoms with Gasteiger partial charge in [0.05, 0.1) is 13.4 Å². The Morgan fingerprint density at radius 1 is 1.48 bits per heavy atom. The number of rotatable bonds is 6. The fourth-order valence-corrected chi connectivity index (χ4v) is 2.27. The largest absolute Gasteiger partial charge is 0.467 e. The van der Waals surface area contributed by atoms with Gasteiger partial charge >= 0.3 is 5.97 Å². The topological polar surface area (TPSA) is 83.8 Å². The highest BCUT2D eigenvalue weighted by Crippen LogP contribution is 2.04. The molecule has 1 aliphatic heterocycles. The highest BCUT2D eigenvalue weighted by Gasteiger charge is 2.24. The summed E-state index contributed by atoms with van der Waals surface area (Å²) in [6.45, 7) is 4.52. The maximum atomic E-state index is 12.0. The molecular formula is C14H21N3O4. The quantitative estimate of drug-likeness (QED) is 0.710. The summed E-state index contributed by atoms with van der Waals surface area (Å²) in [4.78, 5) is 26.0. The van der Waals surface area contributed by atoms with Gasteiger partial charge in [-0.15, -0.1) is 0 Å². The van der Waals surface area contributed by atoms with Gasteiger partial charge in [0.2, 0.25) is 0 Å². The van der Waals surface area contributed by atoms with Crippen molar-refractivity contribution in [3.05, 3.63) is 24.2 Å². The summed E-state index contributed by atoms with van der Waals surface area (Å²) in [6.07, 6.45) is 1.93. The molecule has 1 unspecified atom stereocenters. The molecule has 7 nitrogen and oxygen atoms in total. The van der Waals surface area contributed by atoms with Gasteiger partial charge < -0.3 is 24.7 Å². The Bertz CT molecular complexity index is 455. The number of furan rings is 1. The summed E-state index contributed by atoms with van der Waals surface area (Å²) in [5.74, 6) is -0.660. The second kappa shape index (κ2) is 7.80. The summed E-state index contributed by atoms with van der Waals surface area (Å²) < 4.78 is 9.78. The molecule has 0 spiro atoms. The number of esters is 1. The summed E-state index contributed by atoms with van der Waals surface area (Å²) in [5, 5.41) is 5.93. The van der Waals surface area contributed by atoms with Crippen LogP contribution >= 0.6 is 0 Å². The second-order valence-electron chi connectivity index (χ2n) is 4.91. The number of methoxy groups -OCH3 is 1. The fraction of sp³-hybridized carbons (Fsp3) is 0.571. The average molecular weight is 295 g/mol. The molecule has 1 fully saturated rings. The lowest BCUT2D eigenvalue weighted by Crippen LogP contribution is -2.47. The first-order chi connectivity index (χ1) is 10.2. The van der Waals surface area contributed by atoms with Crippen molar-refractivity contribution >= 4 is 11.9 Å². The molecule has 1 amide bonds. The molecule has 0 bridgehead atoms. The molecule has 0 aliphatic carbocycles. The van der Waals surface area contributed by atoms with E-state index in [0.29, 0.717) is 6.42 Å². The molecule has 1 atom stereocenters. The molecule has 1 aliphatic rings. The van der Waals surface area contributed by atoms with Crippen LogP contribution in [0.25, 0.3) is 0 Å². The van der Waals surface area contributed by atoms with Gasteiger partial charge in [0, 0.05) is 32.7 Å². The van der Waals surface area contributed by atoms with Crippen LogP contribution in [0.5, 0.6) is 0 Å². The van der Waals surface area contributed by atoms with Gasteiger partial charge in [-0.25, -0.2) is 4.79 Å². The second-order valence-corrected chi connectivity index (χ2v) is 4.91. The zero-order valence-corrected chi connectivity index (χ0v) is 12.1. The number of carbonyl (C=O) groups excluding carboxylic acids is 2. The lowest BCUT2D eigenvalue weighted by atomic mass is 10.2. The summed E-state index contributed by atoms with van der Waals surface area (Å²) in [7, 11) is 1.32. The van der Waals surface area contributed by atoms with Crippen LogP contribution in [0.1, 0.15) is 17.0 Å². The van der Waals surface area contributed by atoms with Crippen LogP contribution in [0.3, 0.4) is 0 Å². The van der Waals surface area contributed by atoms with E-state index < -0.39 is 17.9 Å². The van der Waals surface area contributed by atoms with Crippen LogP contribution in [-0.4, -0.2) is 62.7 Å². The van der Waals surface area contributed by atoms with Crippen LogP contribution in [-0.2, 0) is 9.53 Å². The average Bonchev–Trinajstić information content (AvgIpc) is 3.06. The van der Waals surface area contributed by atoms with Gasteiger partial charge in [0.25, 0.3) is 5.91 Å². The first-order valence-electron chi connectivity index (χ1n) is 7.06. The maximum absolute atomic E-state index is 12.0. The molecule has 2 rings (SSSR count). The number of carbonyl (C=O) groups is 2. The summed E-state index contributed by atoms with van der Waals surface area (Å²) in [6, 6.07) is 2.52. The third kappa shape index (κ3) is 4.57. The minimum absolute atomic E-state index is 0.186. The van der Waals surface area contributed by atoms with Crippen molar-refractivity contribution in [2.75, 3.05) is 39.8 Å². The molecule has 0 saturated carbocycles. The molecule has 2 heterocycles. The monoisotopic (exact) mass is 295 g/mol. The van der Waals surface area contributed by atoms with Crippen molar-refractivity contribution in [3.63, 3.8) is 0 Å². The lowest BCUT2D eigenvalue weighted by Gasteiger charge is -2.28. The molecule has 1 aromatic rings. The van der Waals surface area contributed by atoms with E-state index in [-0.39, 0.29) is 5.76 Å². The van der Waals surface area contributed by atoms with E-state index in [1.807, 2.05) is 0 Å². The number of hydrogen-bond acceptors (Lipinski definition) is 6. The number of nitrogens with zero attached hydrogens (tertiary/aromatic N) is 1. The number of amides is 1. The molecule has 21 heavy (non-hydrogen) atoms. The van der Waals surface area contributed by atoms with Gasteiger partial charge in [-0.3, -0.25) is 4.79 Å². The Morgan fingerprint density at radius 3 is 2.86 bits per heavy atom. The van der Waals surface area contributed by atoms with Gasteiger partial charge in [0.15, 0.2) is 5.76 Å². The van der Waals surface area contributed by atoms with Crippen molar-refractivity contribution < 1.29 is 18.7 Å². The Hall–Kier alpha value is -1.86. The van der Waals surface area contributed by atoms with Crippen molar-refractivity contribution in [2.45, 2.75) is 12.5 Å². The SMILES string of the molecule is COC(=O)C(CCN1CCNCC1)NC(=O)c1ccco1. The van der Waals surface area contributed by atoms with Gasteiger partial charge in [-0.2, -0.15) is 0 Å². The standard InChI is InChI=1S/C14H21N3O4/c1-20-14(19)11(4-7-17-8-5-15-6-9-17)16-13(18)12-3-2-10-21-12/h2-3,10-11,15H,4-9H2,1H3,(H,16,18). The molecule has 7 heteroatoms. The molecule has 1 aromatic heterocycles. The number of ether oxygens (including phenoxy) is 1. The number of nitrogens with one attached hydrogen (secondary N) is 2. The summed E-state index contributed by atoms with van der Waals surface area (Å²) >= 11 is 0. The third-order valence-corrected chi connectivity index (χ3v) is 3.48. The van der Waals surface area contributed by atoms with E-state index in [9.17, 15) is 9.59 Å². The van der Waals surface area contributed by atoms with Gasteiger partial charge in [-0.05, 0) is 18.6 Å². The predicted octanol–water partition coefficient (Wildman–Crippen LogP) is -0.154. The predicted molar refractivity (Wildman–Crippen MR) is 75.9 cm³/mol. The van der Waals surface area contributed by atoms with E-state index in [1.165, 1.54) is 13.4 Å². The highest BCUT2D eigenvalue weighted by atomic mass is 16.5. The normalized spacial score (nSPS) is 17.2. The fourth-order valence-electron chi connectivity index (χ4n) is 2.27. The summed E-state index contributed by atoms with van der Waals surface area (Å²) in [5.41, 5.74) is 0. The maximum Gasteiger partial charge on any atom is 0.328 e. The first kappa shape index (κ1) is 15.5. The van der Waals surface area contributed by atoms with Crippen LogP contribution < -0.4 is 10.6 Å². The Labute approximate surface area is 123 Å². The van der Waals surface area contributed by atoms with Crippen molar-refractivity contribution in [3.8, 4) is 0 Å². The smallest absolute Gasteiger partial charge is 0.328 e.